The lowest BCUT2D eigenvalue weighted by Gasteiger charge is -2.20. The molecule has 0 heterocycles. The number of rotatable bonds is 5. The average Bonchev–Trinajstić information content (AvgIpc) is 3.27. The predicted molar refractivity (Wildman–Crippen MR) is 241 cm³/mol. The quantitative estimate of drug-likeness (QED) is 0.156. The molecule has 0 aliphatic carbocycles. The highest BCUT2D eigenvalue weighted by molar-refractivity contribution is 6.22. The van der Waals surface area contributed by atoms with Gasteiger partial charge in [0.2, 0.25) is 0 Å². The maximum Gasteiger partial charge on any atom is -0.00257 e. The first kappa shape index (κ1) is 32.2. The Morgan fingerprint density at radius 2 is 0.661 bits per heavy atom. The summed E-state index contributed by atoms with van der Waals surface area (Å²) in [7, 11) is 0. The van der Waals surface area contributed by atoms with E-state index in [1.165, 1.54) is 109 Å². The zero-order valence-electron chi connectivity index (χ0n) is 30.8. The van der Waals surface area contributed by atoms with Crippen LogP contribution in [0.3, 0.4) is 0 Å². The Labute approximate surface area is 326 Å². The molecule has 0 unspecified atom stereocenters. The van der Waals surface area contributed by atoms with Crippen molar-refractivity contribution >= 4 is 53.9 Å². The second-order valence-electron chi connectivity index (χ2n) is 14.9. The molecule has 0 amide bonds. The van der Waals surface area contributed by atoms with E-state index in [4.69, 9.17) is 0 Å². The fourth-order valence-electron chi connectivity index (χ4n) is 8.90. The van der Waals surface area contributed by atoms with E-state index in [1.807, 2.05) is 0 Å². The Balaban J connectivity index is 1.25. The molecule has 0 saturated heterocycles. The Morgan fingerprint density at radius 1 is 0.179 bits per heavy atom. The predicted octanol–water partition coefficient (Wildman–Crippen LogP) is 15.8. The third-order valence-corrected chi connectivity index (χ3v) is 11.6. The Bertz CT molecular complexity index is 3290. The molecule has 0 saturated carbocycles. The van der Waals surface area contributed by atoms with Crippen LogP contribution in [0.15, 0.2) is 218 Å². The summed E-state index contributed by atoms with van der Waals surface area (Å²) in [6, 6.07) is 80.6. The maximum atomic E-state index is 2.44. The largest absolute Gasteiger partial charge is 0.0622 e. The molecule has 0 fully saturated rings. The van der Waals surface area contributed by atoms with Gasteiger partial charge in [0.15, 0.2) is 0 Å². The number of fused-ring (bicyclic) bond motifs is 5. The minimum absolute atomic E-state index is 1.20. The molecule has 0 heteroatoms. The van der Waals surface area contributed by atoms with Crippen LogP contribution in [0.25, 0.3) is 109 Å². The molecule has 0 aliphatic heterocycles. The fourth-order valence-corrected chi connectivity index (χ4v) is 8.90. The van der Waals surface area contributed by atoms with Crippen molar-refractivity contribution in [1.82, 2.24) is 0 Å². The van der Waals surface area contributed by atoms with E-state index < -0.39 is 0 Å². The summed E-state index contributed by atoms with van der Waals surface area (Å²) >= 11 is 0. The minimum atomic E-state index is 1.20. The summed E-state index contributed by atoms with van der Waals surface area (Å²) in [4.78, 5) is 0. The Morgan fingerprint density at radius 3 is 1.39 bits per heavy atom. The van der Waals surface area contributed by atoms with Gasteiger partial charge in [0.1, 0.15) is 0 Å². The molecule has 0 spiro atoms. The van der Waals surface area contributed by atoms with Crippen molar-refractivity contribution in [1.29, 1.82) is 0 Å². The van der Waals surface area contributed by atoms with Gasteiger partial charge in [-0.25, -0.2) is 0 Å². The lowest BCUT2D eigenvalue weighted by molar-refractivity contribution is 1.59. The Hall–Kier alpha value is -7.28. The molecule has 0 aromatic heterocycles. The van der Waals surface area contributed by atoms with Crippen molar-refractivity contribution in [3.63, 3.8) is 0 Å². The van der Waals surface area contributed by atoms with Crippen molar-refractivity contribution < 1.29 is 0 Å². The number of hydrogen-bond donors (Lipinski definition) is 0. The van der Waals surface area contributed by atoms with Crippen LogP contribution < -0.4 is 0 Å². The van der Waals surface area contributed by atoms with Gasteiger partial charge >= 0.3 is 0 Å². The van der Waals surface area contributed by atoms with E-state index in [0.29, 0.717) is 0 Å². The standard InChI is InChI=1S/C56H36/c1-2-13-37(14-3-1)46-33-47(50-24-12-20-40-17-8-9-21-49(40)50)35-48(34-46)56-52-23-11-10-22-51(52)55(45-28-26-39-16-5-7-19-42(39)32-45)53-30-29-44(36-54(53)56)43-27-25-38-15-4-6-18-41(38)31-43/h1-36H. The summed E-state index contributed by atoms with van der Waals surface area (Å²) in [5, 5.41) is 12.5. The van der Waals surface area contributed by atoms with Gasteiger partial charge in [-0.3, -0.25) is 0 Å². The molecular weight excluding hydrogens is 673 g/mol. The second kappa shape index (κ2) is 13.2. The average molecular weight is 709 g/mol. The molecule has 0 radical (unpaired) electrons. The molecule has 260 valence electrons. The first-order valence-corrected chi connectivity index (χ1v) is 19.4. The zero-order chi connectivity index (χ0) is 37.0. The van der Waals surface area contributed by atoms with Gasteiger partial charge in [0.05, 0.1) is 0 Å². The molecule has 11 aromatic carbocycles. The van der Waals surface area contributed by atoms with Gasteiger partial charge in [0.25, 0.3) is 0 Å². The van der Waals surface area contributed by atoms with Crippen LogP contribution in [0, 0.1) is 0 Å². The lowest BCUT2D eigenvalue weighted by Crippen LogP contribution is -1.93. The summed E-state index contributed by atoms with van der Waals surface area (Å²) < 4.78 is 0. The molecule has 11 rings (SSSR count). The first-order chi connectivity index (χ1) is 27.7. The topological polar surface area (TPSA) is 0 Å². The van der Waals surface area contributed by atoms with E-state index in [0.717, 1.165) is 0 Å². The van der Waals surface area contributed by atoms with E-state index >= 15 is 0 Å². The van der Waals surface area contributed by atoms with Crippen LogP contribution >= 0.6 is 0 Å². The SMILES string of the molecule is c1ccc(-c2cc(-c3cccc4ccccc34)cc(-c3c4ccccc4c(-c4ccc5ccccc5c4)c4ccc(-c5ccc6ccccc6c5)cc34)c2)cc1. The summed E-state index contributed by atoms with van der Waals surface area (Å²) in [6.07, 6.45) is 0. The zero-order valence-corrected chi connectivity index (χ0v) is 30.8. The summed E-state index contributed by atoms with van der Waals surface area (Å²) in [5.74, 6) is 0. The van der Waals surface area contributed by atoms with Gasteiger partial charge < -0.3 is 0 Å². The van der Waals surface area contributed by atoms with Gasteiger partial charge in [-0.15, -0.1) is 0 Å². The molecule has 0 nitrogen and oxygen atoms in total. The lowest BCUT2D eigenvalue weighted by atomic mass is 9.83. The van der Waals surface area contributed by atoms with Gasteiger partial charge in [-0.1, -0.05) is 182 Å². The smallest absolute Gasteiger partial charge is 0.00257 e. The summed E-state index contributed by atoms with van der Waals surface area (Å²) in [6.45, 7) is 0. The molecule has 0 aliphatic rings. The van der Waals surface area contributed by atoms with Crippen molar-refractivity contribution in [2.24, 2.45) is 0 Å². The van der Waals surface area contributed by atoms with Gasteiger partial charge in [-0.05, 0) is 146 Å². The van der Waals surface area contributed by atoms with E-state index in [2.05, 4.69) is 218 Å². The fraction of sp³-hybridized carbons (Fsp3) is 0. The van der Waals surface area contributed by atoms with Gasteiger partial charge in [0, 0.05) is 0 Å². The van der Waals surface area contributed by atoms with E-state index in [9.17, 15) is 0 Å². The molecule has 0 bridgehead atoms. The highest BCUT2D eigenvalue weighted by atomic mass is 14.2. The molecule has 0 N–H and O–H groups in total. The molecule has 56 heavy (non-hydrogen) atoms. The highest BCUT2D eigenvalue weighted by Crippen LogP contribution is 2.47. The number of hydrogen-bond acceptors (Lipinski definition) is 0. The van der Waals surface area contributed by atoms with Crippen LogP contribution in [-0.4, -0.2) is 0 Å². The molecule has 0 atom stereocenters. The minimum Gasteiger partial charge on any atom is -0.0622 e. The van der Waals surface area contributed by atoms with Crippen LogP contribution in [0.4, 0.5) is 0 Å². The number of benzene rings is 11. The van der Waals surface area contributed by atoms with Crippen LogP contribution in [0.1, 0.15) is 0 Å². The Kier molecular flexibility index (Phi) is 7.60. The highest BCUT2D eigenvalue weighted by Gasteiger charge is 2.20. The van der Waals surface area contributed by atoms with Crippen molar-refractivity contribution in [3.05, 3.63) is 218 Å². The monoisotopic (exact) mass is 708 g/mol. The van der Waals surface area contributed by atoms with Crippen molar-refractivity contribution in [2.75, 3.05) is 0 Å². The van der Waals surface area contributed by atoms with E-state index in [-0.39, 0.29) is 0 Å². The normalized spacial score (nSPS) is 11.6. The maximum absolute atomic E-state index is 2.44. The molecular formula is C56H36. The van der Waals surface area contributed by atoms with Gasteiger partial charge in [-0.2, -0.15) is 0 Å². The van der Waals surface area contributed by atoms with Crippen LogP contribution in [-0.2, 0) is 0 Å². The third kappa shape index (κ3) is 5.46. The second-order valence-corrected chi connectivity index (χ2v) is 14.9. The van der Waals surface area contributed by atoms with E-state index in [1.54, 1.807) is 0 Å². The third-order valence-electron chi connectivity index (χ3n) is 11.6. The first-order valence-electron chi connectivity index (χ1n) is 19.4. The molecule has 11 aromatic rings. The summed E-state index contributed by atoms with van der Waals surface area (Å²) in [5.41, 5.74) is 12.2. The van der Waals surface area contributed by atoms with Crippen molar-refractivity contribution in [2.45, 2.75) is 0 Å². The van der Waals surface area contributed by atoms with Crippen LogP contribution in [0.2, 0.25) is 0 Å². The van der Waals surface area contributed by atoms with Crippen LogP contribution in [0.5, 0.6) is 0 Å². The van der Waals surface area contributed by atoms with Crippen molar-refractivity contribution in [3.8, 4) is 55.6 Å².